The predicted octanol–water partition coefficient (Wildman–Crippen LogP) is 6.35. The third-order valence-electron chi connectivity index (χ3n) is 4.59. The molecule has 2 nitrogen and oxygen atoms in total. The van der Waals surface area contributed by atoms with Crippen molar-refractivity contribution in [1.82, 2.24) is 0 Å². The van der Waals surface area contributed by atoms with E-state index in [1.54, 1.807) is 31.2 Å². The Morgan fingerprint density at radius 3 is 2.20 bits per heavy atom. The Balaban J connectivity index is 2.00. The zero-order valence-corrected chi connectivity index (χ0v) is 17.0. The van der Waals surface area contributed by atoms with E-state index in [1.165, 1.54) is 18.2 Å². The van der Waals surface area contributed by atoms with E-state index in [0.717, 1.165) is 5.56 Å². The van der Waals surface area contributed by atoms with Gasteiger partial charge in [0.2, 0.25) is 0 Å². The molecule has 0 aliphatic carbocycles. The van der Waals surface area contributed by atoms with E-state index in [4.69, 9.17) is 9.78 Å². The normalized spacial score (nSPS) is 15.6. The zero-order chi connectivity index (χ0) is 18.7. The summed E-state index contributed by atoms with van der Waals surface area (Å²) < 4.78 is 26.5. The highest BCUT2D eigenvalue weighted by Gasteiger charge is 2.41. The van der Waals surface area contributed by atoms with Gasteiger partial charge in [0, 0.05) is 5.41 Å². The van der Waals surface area contributed by atoms with E-state index in [-0.39, 0.29) is 26.6 Å². The minimum Gasteiger partial charge on any atom is -0.235 e. The Morgan fingerprint density at radius 2 is 1.60 bits per heavy atom. The lowest BCUT2D eigenvalue weighted by atomic mass is 9.76. The molecular weight excluding hydrogens is 437 g/mol. The second-order valence-corrected chi connectivity index (χ2v) is 9.11. The van der Waals surface area contributed by atoms with Gasteiger partial charge < -0.3 is 0 Å². The van der Waals surface area contributed by atoms with Crippen LogP contribution in [0, 0.1) is 17.0 Å². The third-order valence-corrected chi connectivity index (χ3v) is 6.67. The molecule has 0 aromatic heterocycles. The lowest BCUT2D eigenvalue weighted by molar-refractivity contribution is -0.336. The molecule has 0 aliphatic rings. The van der Waals surface area contributed by atoms with Gasteiger partial charge >= 0.3 is 0 Å². The van der Waals surface area contributed by atoms with Crippen molar-refractivity contribution in [3.63, 3.8) is 0 Å². The first-order chi connectivity index (χ1) is 11.6. The first kappa shape index (κ1) is 20.3. The Kier molecular flexibility index (Phi) is 6.56. The van der Waals surface area contributed by atoms with E-state index < -0.39 is 0 Å². The lowest BCUT2D eigenvalue weighted by Crippen LogP contribution is -2.38. The van der Waals surface area contributed by atoms with E-state index in [2.05, 4.69) is 22.6 Å². The average Bonchev–Trinajstić information content (AvgIpc) is 2.54. The summed E-state index contributed by atoms with van der Waals surface area (Å²) in [5.74, 6) is -0.563. The molecule has 0 fully saturated rings. The van der Waals surface area contributed by atoms with Crippen molar-refractivity contribution in [1.29, 1.82) is 0 Å². The van der Waals surface area contributed by atoms with Crippen LogP contribution in [0.15, 0.2) is 48.5 Å². The summed E-state index contributed by atoms with van der Waals surface area (Å²) in [4.78, 5) is 10.9. The van der Waals surface area contributed by atoms with E-state index in [0.29, 0.717) is 12.2 Å². The van der Waals surface area contributed by atoms with Gasteiger partial charge in [0.15, 0.2) is 0 Å². The lowest BCUT2D eigenvalue weighted by Gasteiger charge is -2.40. The first-order valence-corrected chi connectivity index (χ1v) is 9.20. The molecule has 0 amide bonds. The molecule has 0 heterocycles. The van der Waals surface area contributed by atoms with Gasteiger partial charge in [0.25, 0.3) is 0 Å². The van der Waals surface area contributed by atoms with Gasteiger partial charge in [-0.15, -0.1) is 0 Å². The Morgan fingerprint density at radius 1 is 1.00 bits per heavy atom. The third kappa shape index (κ3) is 4.99. The quantitative estimate of drug-likeness (QED) is 0.208. The van der Waals surface area contributed by atoms with E-state index >= 15 is 0 Å². The van der Waals surface area contributed by atoms with Crippen LogP contribution in [0.25, 0.3) is 0 Å². The molecule has 0 saturated carbocycles. The van der Waals surface area contributed by atoms with E-state index in [9.17, 15) is 8.78 Å². The number of rotatable bonds is 7. The summed E-state index contributed by atoms with van der Waals surface area (Å²) in [6.07, 6.45) is -0.388. The van der Waals surface area contributed by atoms with Crippen LogP contribution in [0.4, 0.5) is 8.78 Å². The molecular formula is C20H23F2IO2. The number of benzene rings is 2. The van der Waals surface area contributed by atoms with Gasteiger partial charge in [-0.2, -0.15) is 0 Å². The zero-order valence-electron chi connectivity index (χ0n) is 14.9. The van der Waals surface area contributed by atoms with Crippen molar-refractivity contribution in [2.45, 2.75) is 37.2 Å². The molecule has 2 atom stereocenters. The van der Waals surface area contributed by atoms with Crippen molar-refractivity contribution in [2.75, 3.05) is 6.61 Å². The van der Waals surface area contributed by atoms with Crippen LogP contribution in [0.2, 0.25) is 0 Å². The van der Waals surface area contributed by atoms with Gasteiger partial charge in [-0.05, 0) is 49.2 Å². The maximum absolute atomic E-state index is 13.6. The van der Waals surface area contributed by atoms with Crippen molar-refractivity contribution in [3.8, 4) is 0 Å². The Bertz CT molecular complexity index is 716. The minimum atomic E-state index is -0.388. The van der Waals surface area contributed by atoms with Gasteiger partial charge in [0.1, 0.15) is 17.7 Å². The van der Waals surface area contributed by atoms with Crippen LogP contribution in [-0.2, 0) is 13.2 Å². The minimum absolute atomic E-state index is 0.256. The molecule has 2 aromatic rings. The summed E-state index contributed by atoms with van der Waals surface area (Å²) in [5.41, 5.74) is 1.27. The number of hydrogen-bond acceptors (Lipinski definition) is 2. The maximum Gasteiger partial charge on any atom is 0.123 e. The standard InChI is InChI=1S/C20H23F2IO2/c1-14(15-7-5-9-17(21)11-15)25-24-13-19(2,3)20(4,23)16-8-6-10-18(22)12-16/h5-12,14H,13H2,1-4H3. The molecule has 0 saturated heterocycles. The molecule has 0 N–H and O–H groups in total. The van der Waals surface area contributed by atoms with Crippen LogP contribution < -0.4 is 0 Å². The molecule has 0 radical (unpaired) electrons. The topological polar surface area (TPSA) is 18.5 Å². The maximum atomic E-state index is 13.6. The molecule has 2 rings (SSSR count). The van der Waals surface area contributed by atoms with Crippen molar-refractivity contribution < 1.29 is 18.6 Å². The van der Waals surface area contributed by atoms with Crippen LogP contribution in [0.5, 0.6) is 0 Å². The Labute approximate surface area is 161 Å². The molecule has 136 valence electrons. The fraction of sp³-hybridized carbons (Fsp3) is 0.400. The van der Waals surface area contributed by atoms with Gasteiger partial charge in [-0.25, -0.2) is 18.6 Å². The fourth-order valence-corrected chi connectivity index (χ4v) is 2.90. The Hall–Kier alpha value is -1.05. The molecule has 25 heavy (non-hydrogen) atoms. The smallest absolute Gasteiger partial charge is 0.123 e. The van der Waals surface area contributed by atoms with Crippen LogP contribution in [-0.4, -0.2) is 6.61 Å². The highest BCUT2D eigenvalue weighted by Crippen LogP contribution is 2.47. The van der Waals surface area contributed by atoms with Crippen molar-refractivity contribution >= 4 is 22.6 Å². The summed E-state index contributed by atoms with van der Waals surface area (Å²) in [6, 6.07) is 12.8. The van der Waals surface area contributed by atoms with Crippen molar-refractivity contribution in [2.24, 2.45) is 5.41 Å². The fourth-order valence-electron chi connectivity index (χ4n) is 2.41. The molecule has 5 heteroatoms. The molecule has 0 bridgehead atoms. The van der Waals surface area contributed by atoms with Gasteiger partial charge in [-0.1, -0.05) is 60.7 Å². The molecule has 0 aliphatic heterocycles. The highest BCUT2D eigenvalue weighted by atomic mass is 127. The number of alkyl halides is 1. The summed E-state index contributed by atoms with van der Waals surface area (Å²) in [5, 5.41) is 0. The monoisotopic (exact) mass is 460 g/mol. The van der Waals surface area contributed by atoms with Crippen LogP contribution in [0.1, 0.15) is 44.9 Å². The first-order valence-electron chi connectivity index (χ1n) is 8.12. The van der Waals surface area contributed by atoms with E-state index in [1.807, 2.05) is 26.8 Å². The summed E-state index contributed by atoms with van der Waals surface area (Å²) in [7, 11) is 0. The highest BCUT2D eigenvalue weighted by molar-refractivity contribution is 14.1. The number of hydrogen-bond donors (Lipinski definition) is 0. The molecule has 2 unspecified atom stereocenters. The van der Waals surface area contributed by atoms with Gasteiger partial charge in [0.05, 0.1) is 10.0 Å². The van der Waals surface area contributed by atoms with Crippen LogP contribution >= 0.6 is 22.6 Å². The number of halogens is 3. The largest absolute Gasteiger partial charge is 0.235 e. The second-order valence-electron chi connectivity index (χ2n) is 6.95. The average molecular weight is 460 g/mol. The van der Waals surface area contributed by atoms with Gasteiger partial charge in [-0.3, -0.25) is 0 Å². The summed E-state index contributed by atoms with van der Waals surface area (Å²) in [6.45, 7) is 8.24. The van der Waals surface area contributed by atoms with Crippen LogP contribution in [0.3, 0.4) is 0 Å². The molecule has 0 spiro atoms. The second kappa shape index (κ2) is 8.10. The molecule has 2 aromatic carbocycles. The van der Waals surface area contributed by atoms with Crippen molar-refractivity contribution in [3.05, 3.63) is 71.3 Å². The predicted molar refractivity (Wildman–Crippen MR) is 103 cm³/mol. The summed E-state index contributed by atoms with van der Waals surface area (Å²) >= 11 is 2.32. The SMILES string of the molecule is CC(OOCC(C)(C)C(C)(I)c1cccc(F)c1)c1cccc(F)c1.